The van der Waals surface area contributed by atoms with E-state index in [1.807, 2.05) is 4.90 Å². The molecule has 0 bridgehead atoms. The maximum Gasteiger partial charge on any atom is 0.254 e. The Balaban J connectivity index is 1.56. The second kappa shape index (κ2) is 10.5. The van der Waals surface area contributed by atoms with Crippen LogP contribution in [0.4, 0.5) is 0 Å². The molecule has 0 fully saturated rings. The van der Waals surface area contributed by atoms with Gasteiger partial charge in [-0.2, -0.15) is 0 Å². The fraction of sp³-hybridized carbons (Fsp3) is 0.323. The number of aromatic nitrogens is 1. The zero-order valence-electron chi connectivity index (χ0n) is 21.6. The van der Waals surface area contributed by atoms with Gasteiger partial charge in [0.15, 0.2) is 0 Å². The number of hydrogen-bond donors (Lipinski definition) is 1. The Hall–Kier alpha value is -2.79. The lowest BCUT2D eigenvalue weighted by molar-refractivity contribution is 0.0592. The van der Waals surface area contributed by atoms with Crippen LogP contribution >= 0.6 is 23.2 Å². The van der Waals surface area contributed by atoms with Gasteiger partial charge < -0.3 is 9.88 Å². The highest BCUT2D eigenvalue weighted by molar-refractivity contribution is 6.42. The molecule has 4 aromatic rings. The second-order valence-electron chi connectivity index (χ2n) is 10.1. The quantitative estimate of drug-likeness (QED) is 0.262. The van der Waals surface area contributed by atoms with E-state index in [2.05, 4.69) is 85.5 Å². The van der Waals surface area contributed by atoms with Gasteiger partial charge in [-0.25, -0.2) is 0 Å². The van der Waals surface area contributed by atoms with Crippen molar-refractivity contribution in [3.63, 3.8) is 0 Å². The number of carbonyl (C=O) groups excluding carboxylic acids is 1. The lowest BCUT2D eigenvalue weighted by Crippen LogP contribution is -2.44. The Bertz CT molecular complexity index is 1410. The van der Waals surface area contributed by atoms with E-state index < -0.39 is 0 Å². The average Bonchev–Trinajstić information content (AvgIpc) is 3.30. The standard InChI is InChI=1S/C31H33Cl2N3O/c1-4-31(35(2)3,22-10-6-5-7-11-22)18-16-28-29-24(23-12-8-9-13-27(23)34-29)17-19-36(28)30(37)21-14-15-25(32)26(33)20-21/h5-15,20,28,34H,4,16-19H2,1-3H3. The molecule has 0 spiro atoms. The molecule has 1 aromatic heterocycles. The first-order chi connectivity index (χ1) is 17.9. The maximum atomic E-state index is 13.9. The maximum absolute atomic E-state index is 13.9. The summed E-state index contributed by atoms with van der Waals surface area (Å²) in [5, 5.41) is 2.10. The summed E-state index contributed by atoms with van der Waals surface area (Å²) in [6.45, 7) is 2.91. The summed E-state index contributed by atoms with van der Waals surface area (Å²) >= 11 is 12.4. The Morgan fingerprint density at radius 2 is 1.76 bits per heavy atom. The Morgan fingerprint density at radius 3 is 2.46 bits per heavy atom. The molecule has 1 aliphatic rings. The molecule has 0 radical (unpaired) electrons. The van der Waals surface area contributed by atoms with Gasteiger partial charge in [0.2, 0.25) is 0 Å². The van der Waals surface area contributed by atoms with Gasteiger partial charge in [0.05, 0.1) is 16.1 Å². The van der Waals surface area contributed by atoms with Crippen LogP contribution < -0.4 is 0 Å². The van der Waals surface area contributed by atoms with Crippen molar-refractivity contribution in [3.8, 4) is 0 Å². The first kappa shape index (κ1) is 25.8. The third kappa shape index (κ3) is 4.67. The minimum atomic E-state index is -0.136. The topological polar surface area (TPSA) is 39.3 Å². The Kier molecular flexibility index (Phi) is 7.35. The molecule has 0 saturated heterocycles. The molecule has 2 atom stereocenters. The molecule has 2 heterocycles. The fourth-order valence-corrected chi connectivity index (χ4v) is 6.40. The highest BCUT2D eigenvalue weighted by Gasteiger charge is 2.38. The molecule has 192 valence electrons. The summed E-state index contributed by atoms with van der Waals surface area (Å²) in [7, 11) is 4.31. The number of rotatable bonds is 7. The predicted octanol–water partition coefficient (Wildman–Crippen LogP) is 7.86. The lowest BCUT2D eigenvalue weighted by Gasteiger charge is -2.43. The van der Waals surface area contributed by atoms with Crippen molar-refractivity contribution in [2.75, 3.05) is 20.6 Å². The van der Waals surface area contributed by atoms with Crippen LogP contribution in [0.25, 0.3) is 10.9 Å². The van der Waals surface area contributed by atoms with Crippen molar-refractivity contribution < 1.29 is 4.79 Å². The van der Waals surface area contributed by atoms with Crippen LogP contribution in [-0.4, -0.2) is 41.3 Å². The van der Waals surface area contributed by atoms with Crippen molar-refractivity contribution >= 4 is 40.0 Å². The molecular weight excluding hydrogens is 501 g/mol. The largest absolute Gasteiger partial charge is 0.356 e. The van der Waals surface area contributed by atoms with Crippen molar-refractivity contribution in [3.05, 3.63) is 105 Å². The highest BCUT2D eigenvalue weighted by Crippen LogP contribution is 2.42. The number of aromatic amines is 1. The van der Waals surface area contributed by atoms with Crippen LogP contribution in [0.2, 0.25) is 10.0 Å². The van der Waals surface area contributed by atoms with Crippen molar-refractivity contribution in [1.29, 1.82) is 0 Å². The molecule has 0 aliphatic carbocycles. The SMILES string of the molecule is CCC(CCC1c2[nH]c3ccccc3c2CCN1C(=O)c1ccc(Cl)c(Cl)c1)(c1ccccc1)N(C)C. The molecule has 6 heteroatoms. The molecule has 5 rings (SSSR count). The third-order valence-corrected chi connectivity index (χ3v) is 8.91. The highest BCUT2D eigenvalue weighted by atomic mass is 35.5. The van der Waals surface area contributed by atoms with Gasteiger partial charge in [0, 0.05) is 34.2 Å². The Labute approximate surface area is 229 Å². The minimum Gasteiger partial charge on any atom is -0.356 e. The van der Waals surface area contributed by atoms with Crippen molar-refractivity contribution in [2.24, 2.45) is 0 Å². The molecule has 0 saturated carbocycles. The number of benzene rings is 3. The molecule has 2 unspecified atom stereocenters. The first-order valence-corrected chi connectivity index (χ1v) is 13.7. The van der Waals surface area contributed by atoms with E-state index >= 15 is 0 Å². The number of carbonyl (C=O) groups is 1. The molecule has 4 nitrogen and oxygen atoms in total. The van der Waals surface area contributed by atoms with Crippen molar-refractivity contribution in [2.45, 2.75) is 44.2 Å². The summed E-state index contributed by atoms with van der Waals surface area (Å²) < 4.78 is 0. The van der Waals surface area contributed by atoms with Gasteiger partial charge in [0.25, 0.3) is 5.91 Å². The summed E-state index contributed by atoms with van der Waals surface area (Å²) in [6.07, 6.45) is 3.52. The van der Waals surface area contributed by atoms with Gasteiger partial charge in [0.1, 0.15) is 0 Å². The minimum absolute atomic E-state index is 0.0143. The van der Waals surface area contributed by atoms with E-state index in [1.165, 1.54) is 16.5 Å². The fourth-order valence-electron chi connectivity index (χ4n) is 6.10. The van der Waals surface area contributed by atoms with Crippen LogP contribution in [0.15, 0.2) is 72.8 Å². The molecule has 3 aromatic carbocycles. The van der Waals surface area contributed by atoms with E-state index in [-0.39, 0.29) is 17.5 Å². The monoisotopic (exact) mass is 533 g/mol. The van der Waals surface area contributed by atoms with E-state index in [0.29, 0.717) is 22.2 Å². The summed E-state index contributed by atoms with van der Waals surface area (Å²) in [5.74, 6) is -0.0143. The number of amides is 1. The third-order valence-electron chi connectivity index (χ3n) is 8.17. The van der Waals surface area contributed by atoms with Crippen LogP contribution in [-0.2, 0) is 12.0 Å². The molecule has 1 N–H and O–H groups in total. The first-order valence-electron chi connectivity index (χ1n) is 12.9. The number of fused-ring (bicyclic) bond motifs is 3. The zero-order valence-corrected chi connectivity index (χ0v) is 23.1. The average molecular weight is 535 g/mol. The van der Waals surface area contributed by atoms with E-state index in [4.69, 9.17) is 23.2 Å². The van der Waals surface area contributed by atoms with Gasteiger partial charge in [-0.3, -0.25) is 9.69 Å². The number of hydrogen-bond acceptors (Lipinski definition) is 2. The number of halogens is 2. The van der Waals surface area contributed by atoms with E-state index in [1.54, 1.807) is 18.2 Å². The smallest absolute Gasteiger partial charge is 0.254 e. The van der Waals surface area contributed by atoms with Crippen LogP contribution in [0, 0.1) is 0 Å². The summed E-state index contributed by atoms with van der Waals surface area (Å²) in [6, 6.07) is 24.3. The van der Waals surface area contributed by atoms with E-state index in [0.717, 1.165) is 36.9 Å². The van der Waals surface area contributed by atoms with Gasteiger partial charge >= 0.3 is 0 Å². The zero-order chi connectivity index (χ0) is 26.2. The molecule has 1 amide bonds. The number of H-pyrrole nitrogens is 1. The Morgan fingerprint density at radius 1 is 1.03 bits per heavy atom. The summed E-state index contributed by atoms with van der Waals surface area (Å²) in [4.78, 5) is 21.9. The second-order valence-corrected chi connectivity index (χ2v) is 11.0. The molecule has 37 heavy (non-hydrogen) atoms. The summed E-state index contributed by atoms with van der Waals surface area (Å²) in [5.41, 5.74) is 5.33. The normalized spacial score (nSPS) is 17.1. The predicted molar refractivity (Wildman–Crippen MR) is 154 cm³/mol. The van der Waals surface area contributed by atoms with Crippen LogP contribution in [0.5, 0.6) is 0 Å². The van der Waals surface area contributed by atoms with Gasteiger partial charge in [-0.15, -0.1) is 0 Å². The number of para-hydroxylation sites is 1. The van der Waals surface area contributed by atoms with E-state index in [9.17, 15) is 4.79 Å². The van der Waals surface area contributed by atoms with Crippen LogP contribution in [0.3, 0.4) is 0 Å². The molecule has 1 aliphatic heterocycles. The number of nitrogens with one attached hydrogen (secondary N) is 1. The lowest BCUT2D eigenvalue weighted by atomic mass is 9.79. The molecular formula is C31H33Cl2N3O. The van der Waals surface area contributed by atoms with Crippen molar-refractivity contribution in [1.82, 2.24) is 14.8 Å². The van der Waals surface area contributed by atoms with Crippen LogP contribution in [0.1, 0.15) is 59.4 Å². The van der Waals surface area contributed by atoms with Gasteiger partial charge in [-0.05, 0) is 75.2 Å². The van der Waals surface area contributed by atoms with Gasteiger partial charge in [-0.1, -0.05) is 78.7 Å². The number of nitrogens with zero attached hydrogens (tertiary/aromatic N) is 2.